The number of amides is 4. The van der Waals surface area contributed by atoms with E-state index in [1.807, 2.05) is 50.8 Å². The Labute approximate surface area is 371 Å². The van der Waals surface area contributed by atoms with Gasteiger partial charge in [0, 0.05) is 13.1 Å². The number of benzene rings is 3. The molecular formula is C48H58FN9O6. The Morgan fingerprint density at radius 1 is 0.688 bits per heavy atom. The number of imidazole rings is 2. The van der Waals surface area contributed by atoms with Crippen LogP contribution < -0.4 is 15.5 Å². The maximum Gasteiger partial charge on any atom is 0.407 e. The lowest BCUT2D eigenvalue weighted by molar-refractivity contribution is -0.136. The number of likely N-dealkylation sites (tertiary alicyclic amines) is 2. The number of fused-ring (bicyclic) bond motifs is 2. The number of halogens is 1. The van der Waals surface area contributed by atoms with E-state index in [2.05, 4.69) is 55.8 Å². The SMILES string of the molecule is COC(=O)N[C@H](C(=O)N1CCC[C@H]1c1nc2ccc([C@H]3CC[C@H](c4ccc5nc([C@@H]6CCCN6C(=O)[C@@H](NC(=O)O)C(C)C)[nH]c5c4)N3c3ccc(C4CC4)cc3F)cc2[nH]1)C(C)C. The highest BCUT2D eigenvalue weighted by Gasteiger charge is 2.41. The number of nitrogens with zero attached hydrogens (tertiary/aromatic N) is 5. The third-order valence-electron chi connectivity index (χ3n) is 13.8. The maximum atomic E-state index is 16.5. The number of carboxylic acid groups (broad SMARTS) is 1. The van der Waals surface area contributed by atoms with E-state index in [0.717, 1.165) is 83.7 Å². The average molecular weight is 876 g/mol. The van der Waals surface area contributed by atoms with Crippen molar-refractivity contribution in [2.75, 3.05) is 25.1 Å². The Morgan fingerprint density at radius 2 is 1.19 bits per heavy atom. The number of aromatic amines is 2. The van der Waals surface area contributed by atoms with Gasteiger partial charge in [-0.1, -0.05) is 45.9 Å². The molecule has 0 radical (unpaired) electrons. The van der Waals surface area contributed by atoms with Gasteiger partial charge in [-0.3, -0.25) is 9.59 Å². The van der Waals surface area contributed by atoms with Crippen molar-refractivity contribution in [3.05, 3.63) is 88.8 Å². The number of methoxy groups -OCH3 is 1. The van der Waals surface area contributed by atoms with Gasteiger partial charge in [-0.05, 0) is 122 Å². The summed E-state index contributed by atoms with van der Waals surface area (Å²) >= 11 is 0. The zero-order valence-electron chi connectivity index (χ0n) is 37.1. The van der Waals surface area contributed by atoms with Crippen LogP contribution in [0, 0.1) is 17.7 Å². The van der Waals surface area contributed by atoms with Crippen LogP contribution >= 0.6 is 0 Å². The van der Waals surface area contributed by atoms with Crippen LogP contribution in [0.1, 0.15) is 137 Å². The normalized spacial score (nSPS) is 22.2. The lowest BCUT2D eigenvalue weighted by Crippen LogP contribution is -2.51. The molecule has 2 aromatic heterocycles. The Hall–Kier alpha value is -6.19. The van der Waals surface area contributed by atoms with Crippen molar-refractivity contribution in [2.45, 2.75) is 121 Å². The number of anilines is 1. The first kappa shape index (κ1) is 43.1. The molecule has 0 unspecified atom stereocenters. The first-order valence-electron chi connectivity index (χ1n) is 22.8. The summed E-state index contributed by atoms with van der Waals surface area (Å²) < 4.78 is 21.3. The van der Waals surface area contributed by atoms with Gasteiger partial charge in [-0.2, -0.15) is 0 Å². The summed E-state index contributed by atoms with van der Waals surface area (Å²) in [6, 6.07) is 15.5. The number of aromatic nitrogens is 4. The molecular weight excluding hydrogens is 818 g/mol. The van der Waals surface area contributed by atoms with E-state index in [1.165, 1.54) is 7.11 Å². The van der Waals surface area contributed by atoms with E-state index in [9.17, 15) is 24.3 Å². The van der Waals surface area contributed by atoms with Crippen LogP contribution in [0.4, 0.5) is 19.7 Å². The Morgan fingerprint density at radius 3 is 1.64 bits per heavy atom. The molecule has 338 valence electrons. The second-order valence-corrected chi connectivity index (χ2v) is 18.7. The number of hydrogen-bond donors (Lipinski definition) is 5. The summed E-state index contributed by atoms with van der Waals surface area (Å²) in [5, 5.41) is 14.6. The molecule has 6 atom stereocenters. The molecule has 4 amide bonds. The number of H-pyrrole nitrogens is 2. The van der Waals surface area contributed by atoms with Gasteiger partial charge in [0.05, 0.1) is 59.0 Å². The highest BCUT2D eigenvalue weighted by molar-refractivity contribution is 5.87. The molecule has 5 aromatic rings. The monoisotopic (exact) mass is 875 g/mol. The van der Waals surface area contributed by atoms with Gasteiger partial charge in [0.15, 0.2) is 0 Å². The van der Waals surface area contributed by atoms with Crippen LogP contribution in [0.2, 0.25) is 0 Å². The summed E-state index contributed by atoms with van der Waals surface area (Å²) in [6.07, 6.45) is 4.83. The van der Waals surface area contributed by atoms with Crippen molar-refractivity contribution in [1.29, 1.82) is 0 Å². The third kappa shape index (κ3) is 8.22. The van der Waals surface area contributed by atoms with Gasteiger partial charge >= 0.3 is 12.2 Å². The van der Waals surface area contributed by atoms with Crippen molar-refractivity contribution < 1.29 is 33.4 Å². The first-order chi connectivity index (χ1) is 30.8. The minimum atomic E-state index is -1.23. The van der Waals surface area contributed by atoms with Gasteiger partial charge in [-0.25, -0.2) is 23.9 Å². The van der Waals surface area contributed by atoms with E-state index in [1.54, 1.807) is 11.0 Å². The van der Waals surface area contributed by atoms with Crippen molar-refractivity contribution in [3.63, 3.8) is 0 Å². The number of nitrogens with one attached hydrogen (secondary N) is 4. The Balaban J connectivity index is 1.01. The van der Waals surface area contributed by atoms with Crippen LogP contribution in [0.5, 0.6) is 0 Å². The first-order valence-corrected chi connectivity index (χ1v) is 22.8. The molecule has 4 aliphatic rings. The molecule has 16 heteroatoms. The molecule has 5 N–H and O–H groups in total. The molecule has 0 spiro atoms. The average Bonchev–Trinajstić information content (AvgIpc) is 3.81. The van der Waals surface area contributed by atoms with Crippen LogP contribution in [0.15, 0.2) is 54.6 Å². The summed E-state index contributed by atoms with van der Waals surface area (Å²) in [6.45, 7) is 8.51. The van der Waals surface area contributed by atoms with Crippen molar-refractivity contribution in [1.82, 2.24) is 40.4 Å². The van der Waals surface area contributed by atoms with Gasteiger partial charge in [0.2, 0.25) is 11.8 Å². The molecule has 15 nitrogen and oxygen atoms in total. The molecule has 9 rings (SSSR count). The van der Waals surface area contributed by atoms with Gasteiger partial charge in [0.25, 0.3) is 0 Å². The van der Waals surface area contributed by atoms with Gasteiger partial charge in [0.1, 0.15) is 29.5 Å². The van der Waals surface area contributed by atoms with E-state index in [4.69, 9.17) is 14.7 Å². The fourth-order valence-electron chi connectivity index (χ4n) is 10.4. The molecule has 3 saturated heterocycles. The van der Waals surface area contributed by atoms with Crippen LogP contribution in [0.3, 0.4) is 0 Å². The van der Waals surface area contributed by atoms with Gasteiger partial charge < -0.3 is 45.1 Å². The van der Waals surface area contributed by atoms with Crippen LogP contribution in [-0.4, -0.2) is 91.1 Å². The molecule has 64 heavy (non-hydrogen) atoms. The maximum absolute atomic E-state index is 16.5. The quantitative estimate of drug-likeness (QED) is 0.0818. The van der Waals surface area contributed by atoms with E-state index < -0.39 is 24.3 Å². The summed E-state index contributed by atoms with van der Waals surface area (Å²) in [5.41, 5.74) is 6.78. The number of carbonyl (C=O) groups is 4. The van der Waals surface area contributed by atoms with Crippen LogP contribution in [0.25, 0.3) is 22.1 Å². The molecule has 1 aliphatic carbocycles. The fraction of sp³-hybridized carbons (Fsp3) is 0.500. The topological polar surface area (TPSA) is 189 Å². The summed E-state index contributed by atoms with van der Waals surface area (Å²) in [4.78, 5) is 74.0. The second-order valence-electron chi connectivity index (χ2n) is 18.7. The van der Waals surface area contributed by atoms with Crippen molar-refractivity contribution >= 4 is 51.8 Å². The second kappa shape index (κ2) is 17.4. The fourth-order valence-corrected chi connectivity index (χ4v) is 10.4. The highest BCUT2D eigenvalue weighted by atomic mass is 19.1. The van der Waals surface area contributed by atoms with Crippen molar-refractivity contribution in [3.8, 4) is 0 Å². The van der Waals surface area contributed by atoms with E-state index in [0.29, 0.717) is 42.8 Å². The lowest BCUT2D eigenvalue weighted by Gasteiger charge is -2.33. The largest absolute Gasteiger partial charge is 0.465 e. The zero-order chi connectivity index (χ0) is 45.0. The molecule has 4 fully saturated rings. The molecule has 3 aliphatic heterocycles. The third-order valence-corrected chi connectivity index (χ3v) is 13.8. The molecule has 5 heterocycles. The van der Waals surface area contributed by atoms with E-state index >= 15 is 4.39 Å². The van der Waals surface area contributed by atoms with E-state index in [-0.39, 0.29) is 53.6 Å². The Bertz CT molecular complexity index is 2590. The molecule has 3 aromatic carbocycles. The summed E-state index contributed by atoms with van der Waals surface area (Å²) in [7, 11) is 1.28. The molecule has 0 bridgehead atoms. The number of carbonyl (C=O) groups excluding carboxylic acids is 3. The highest BCUT2D eigenvalue weighted by Crippen LogP contribution is 2.50. The molecule has 1 saturated carbocycles. The number of alkyl carbamates (subject to hydrolysis) is 1. The standard InChI is InChI=1S/C48H58FN9O6/c1-25(2)41(54-47(61)62)45(59)56-20-6-8-39(56)43-50-32-15-12-29(23-34(32)52-43)36-18-19-37(58(36)38-17-14-28(22-31(38)49)27-10-11-27)30-13-16-33-35(24-30)53-44(51-33)40-9-7-21-57(40)46(60)42(26(3)4)55-48(63)64-5/h12-17,22-27,36-37,39-42,54H,6-11,18-21H2,1-5H3,(H,50,52)(H,51,53)(H,55,63)(H,61,62)/t36-,37-,39+,40+,41+,42+/m1/s1. The lowest BCUT2D eigenvalue weighted by atomic mass is 10.0. The predicted molar refractivity (Wildman–Crippen MR) is 239 cm³/mol. The number of rotatable bonds is 12. The zero-order valence-corrected chi connectivity index (χ0v) is 37.1. The summed E-state index contributed by atoms with van der Waals surface area (Å²) in [5.74, 6) is 0.717. The van der Waals surface area contributed by atoms with Gasteiger partial charge in [-0.15, -0.1) is 0 Å². The van der Waals surface area contributed by atoms with Crippen molar-refractivity contribution in [2.24, 2.45) is 11.8 Å². The van der Waals surface area contributed by atoms with Crippen LogP contribution in [-0.2, 0) is 14.3 Å². The number of ether oxygens (including phenoxy) is 1. The predicted octanol–water partition coefficient (Wildman–Crippen LogP) is 8.54. The number of hydrogen-bond acceptors (Lipinski definition) is 8. The smallest absolute Gasteiger partial charge is 0.407 e. The Kier molecular flexibility index (Phi) is 11.7. The minimum absolute atomic E-state index is 0.147. The minimum Gasteiger partial charge on any atom is -0.465 e.